The average Bonchev–Trinajstić information content (AvgIpc) is 2.33. The first-order valence-corrected chi connectivity index (χ1v) is 8.04. The van der Waals surface area contributed by atoms with E-state index in [2.05, 4.69) is 5.32 Å². The highest BCUT2D eigenvalue weighted by Crippen LogP contribution is 2.19. The number of hydrogen-bond donors (Lipinski definition) is 1. The van der Waals surface area contributed by atoms with Gasteiger partial charge in [-0.25, -0.2) is 8.42 Å². The summed E-state index contributed by atoms with van der Waals surface area (Å²) in [6, 6.07) is 9.00. The Bertz CT molecular complexity index is 487. The standard InChI is InChI=1S/C12H16ClNO3S/c1-18(16,17)9-5-8-14-12(15)11(13)10-6-3-2-4-7-10/h2-4,6-7,11H,5,8-9H2,1H3,(H,14,15). The third-order valence-electron chi connectivity index (χ3n) is 2.31. The van der Waals surface area contributed by atoms with Crippen molar-refractivity contribution in [1.82, 2.24) is 5.32 Å². The molecule has 0 aliphatic heterocycles. The normalized spacial score (nSPS) is 13.0. The van der Waals surface area contributed by atoms with Gasteiger partial charge < -0.3 is 5.32 Å². The van der Waals surface area contributed by atoms with Crippen molar-refractivity contribution in [2.24, 2.45) is 0 Å². The number of sulfone groups is 1. The first kappa shape index (κ1) is 15.0. The number of nitrogens with one attached hydrogen (secondary N) is 1. The van der Waals surface area contributed by atoms with Gasteiger partial charge in [0, 0.05) is 12.8 Å². The number of hydrogen-bond acceptors (Lipinski definition) is 3. The van der Waals surface area contributed by atoms with Gasteiger partial charge >= 0.3 is 0 Å². The second-order valence-electron chi connectivity index (χ2n) is 4.05. The highest BCUT2D eigenvalue weighted by Gasteiger charge is 2.16. The summed E-state index contributed by atoms with van der Waals surface area (Å²) in [5, 5.41) is 1.87. The minimum atomic E-state index is -2.98. The fourth-order valence-corrected chi connectivity index (χ4v) is 2.30. The molecule has 1 rings (SSSR count). The maximum Gasteiger partial charge on any atom is 0.242 e. The molecule has 1 atom stereocenters. The van der Waals surface area contributed by atoms with Gasteiger partial charge in [-0.05, 0) is 12.0 Å². The Kier molecular flexibility index (Phi) is 5.62. The Hall–Kier alpha value is -1.07. The lowest BCUT2D eigenvalue weighted by Gasteiger charge is -2.10. The number of amides is 1. The third kappa shape index (κ3) is 5.51. The number of alkyl halides is 1. The van der Waals surface area contributed by atoms with E-state index in [1.165, 1.54) is 6.26 Å². The predicted octanol–water partition coefficient (Wildman–Crippen LogP) is 1.52. The molecule has 1 amide bonds. The molecule has 0 bridgehead atoms. The topological polar surface area (TPSA) is 63.2 Å². The number of rotatable bonds is 6. The summed E-state index contributed by atoms with van der Waals surface area (Å²) < 4.78 is 21.8. The summed E-state index contributed by atoms with van der Waals surface area (Å²) in [6.07, 6.45) is 1.56. The lowest BCUT2D eigenvalue weighted by atomic mass is 10.1. The Morgan fingerprint density at radius 2 is 1.94 bits per heavy atom. The molecule has 1 aromatic carbocycles. The Morgan fingerprint density at radius 1 is 1.33 bits per heavy atom. The van der Waals surface area contributed by atoms with Crippen molar-refractivity contribution < 1.29 is 13.2 Å². The van der Waals surface area contributed by atoms with Crippen LogP contribution in [0.15, 0.2) is 30.3 Å². The smallest absolute Gasteiger partial charge is 0.242 e. The van der Waals surface area contributed by atoms with Gasteiger partial charge in [0.25, 0.3) is 0 Å². The van der Waals surface area contributed by atoms with Crippen molar-refractivity contribution >= 4 is 27.3 Å². The Balaban J connectivity index is 2.38. The second kappa shape index (κ2) is 6.75. The van der Waals surface area contributed by atoms with Crippen LogP contribution in [0.5, 0.6) is 0 Å². The summed E-state index contributed by atoms with van der Waals surface area (Å²) in [4.78, 5) is 11.7. The van der Waals surface area contributed by atoms with E-state index in [4.69, 9.17) is 11.6 Å². The van der Waals surface area contributed by atoms with Crippen LogP contribution in [0, 0.1) is 0 Å². The van der Waals surface area contributed by atoms with Crippen LogP contribution in [0.25, 0.3) is 0 Å². The van der Waals surface area contributed by atoms with Crippen molar-refractivity contribution in [2.75, 3.05) is 18.6 Å². The zero-order chi connectivity index (χ0) is 13.6. The molecule has 0 fully saturated rings. The Labute approximate surface area is 112 Å². The van der Waals surface area contributed by atoms with Gasteiger partial charge in [-0.15, -0.1) is 11.6 Å². The fraction of sp³-hybridized carbons (Fsp3) is 0.417. The van der Waals surface area contributed by atoms with E-state index in [0.717, 1.165) is 5.56 Å². The van der Waals surface area contributed by atoms with Crippen LogP contribution in [-0.2, 0) is 14.6 Å². The van der Waals surface area contributed by atoms with Crippen LogP contribution >= 0.6 is 11.6 Å². The molecule has 0 saturated heterocycles. The maximum absolute atomic E-state index is 11.7. The van der Waals surface area contributed by atoms with E-state index >= 15 is 0 Å². The molecule has 18 heavy (non-hydrogen) atoms. The maximum atomic E-state index is 11.7. The minimum Gasteiger partial charge on any atom is -0.354 e. The number of carbonyl (C=O) groups excluding carboxylic acids is 1. The van der Waals surface area contributed by atoms with Gasteiger partial charge in [0.15, 0.2) is 0 Å². The highest BCUT2D eigenvalue weighted by atomic mass is 35.5. The molecule has 1 N–H and O–H groups in total. The SMILES string of the molecule is CS(=O)(=O)CCCNC(=O)C(Cl)c1ccccc1. The first-order valence-electron chi connectivity index (χ1n) is 5.54. The van der Waals surface area contributed by atoms with Gasteiger partial charge in [0.05, 0.1) is 5.75 Å². The van der Waals surface area contributed by atoms with E-state index in [9.17, 15) is 13.2 Å². The third-order valence-corrected chi connectivity index (χ3v) is 3.79. The van der Waals surface area contributed by atoms with Crippen molar-refractivity contribution in [3.05, 3.63) is 35.9 Å². The van der Waals surface area contributed by atoms with E-state index < -0.39 is 15.2 Å². The molecule has 6 heteroatoms. The van der Waals surface area contributed by atoms with Crippen LogP contribution in [0.2, 0.25) is 0 Å². The summed E-state index contributed by atoms with van der Waals surface area (Å²) >= 11 is 6.00. The lowest BCUT2D eigenvalue weighted by molar-refractivity contribution is -0.120. The average molecular weight is 290 g/mol. The zero-order valence-corrected chi connectivity index (χ0v) is 11.7. The van der Waals surface area contributed by atoms with E-state index in [-0.39, 0.29) is 11.7 Å². The molecule has 1 unspecified atom stereocenters. The van der Waals surface area contributed by atoms with Gasteiger partial charge in [0.1, 0.15) is 15.2 Å². The van der Waals surface area contributed by atoms with E-state index in [1.807, 2.05) is 18.2 Å². The van der Waals surface area contributed by atoms with Crippen LogP contribution in [0.4, 0.5) is 0 Å². The second-order valence-corrected chi connectivity index (χ2v) is 6.74. The Morgan fingerprint density at radius 3 is 2.50 bits per heavy atom. The minimum absolute atomic E-state index is 0.0611. The molecule has 100 valence electrons. The van der Waals surface area contributed by atoms with Crippen LogP contribution in [-0.4, -0.2) is 32.9 Å². The lowest BCUT2D eigenvalue weighted by Crippen LogP contribution is -2.28. The first-order chi connectivity index (χ1) is 8.40. The number of halogens is 1. The molecule has 0 aliphatic rings. The van der Waals surface area contributed by atoms with Crippen molar-refractivity contribution in [3.63, 3.8) is 0 Å². The molecule has 1 aromatic rings. The molecule has 0 heterocycles. The number of carbonyl (C=O) groups is 1. The van der Waals surface area contributed by atoms with E-state index in [1.54, 1.807) is 12.1 Å². The molecule has 0 aliphatic carbocycles. The van der Waals surface area contributed by atoms with Crippen LogP contribution in [0.1, 0.15) is 17.4 Å². The summed E-state index contributed by atoms with van der Waals surface area (Å²) in [5.74, 6) is -0.248. The van der Waals surface area contributed by atoms with Crippen LogP contribution in [0.3, 0.4) is 0 Å². The zero-order valence-electron chi connectivity index (χ0n) is 10.1. The molecule has 0 radical (unpaired) electrons. The van der Waals surface area contributed by atoms with Gasteiger partial charge in [0.2, 0.25) is 5.91 Å². The van der Waals surface area contributed by atoms with Crippen LogP contribution < -0.4 is 5.32 Å². The summed E-state index contributed by atoms with van der Waals surface area (Å²) in [5.41, 5.74) is 0.722. The summed E-state index contributed by atoms with van der Waals surface area (Å²) in [7, 11) is -2.98. The highest BCUT2D eigenvalue weighted by molar-refractivity contribution is 7.90. The molecule has 0 aromatic heterocycles. The molecule has 0 spiro atoms. The van der Waals surface area contributed by atoms with Gasteiger partial charge in [-0.1, -0.05) is 30.3 Å². The summed E-state index contributed by atoms with van der Waals surface area (Å²) in [6.45, 7) is 0.307. The van der Waals surface area contributed by atoms with Crippen molar-refractivity contribution in [3.8, 4) is 0 Å². The van der Waals surface area contributed by atoms with Crippen molar-refractivity contribution in [2.45, 2.75) is 11.8 Å². The quantitative estimate of drug-likeness (QED) is 0.638. The number of benzene rings is 1. The molecule has 0 saturated carbocycles. The molecular formula is C12H16ClNO3S. The fourth-order valence-electron chi connectivity index (χ4n) is 1.41. The van der Waals surface area contributed by atoms with E-state index in [0.29, 0.717) is 13.0 Å². The predicted molar refractivity (Wildman–Crippen MR) is 72.4 cm³/mol. The van der Waals surface area contributed by atoms with Gasteiger partial charge in [-0.3, -0.25) is 4.79 Å². The van der Waals surface area contributed by atoms with Crippen molar-refractivity contribution in [1.29, 1.82) is 0 Å². The monoisotopic (exact) mass is 289 g/mol. The van der Waals surface area contributed by atoms with Gasteiger partial charge in [-0.2, -0.15) is 0 Å². The molecular weight excluding hydrogens is 274 g/mol. The molecule has 4 nitrogen and oxygen atoms in total. The largest absolute Gasteiger partial charge is 0.354 e.